The molecule has 2 N–H and O–H groups in total. The minimum Gasteiger partial charge on any atom is -0.382 e. The zero-order chi connectivity index (χ0) is 15.1. The SMILES string of the molecule is Cc1cc(-n2nc(N(C)C)c(S(C)(=O)=O)c2N)ncn1. The maximum absolute atomic E-state index is 11.9. The molecular weight excluding hydrogens is 280 g/mol. The summed E-state index contributed by atoms with van der Waals surface area (Å²) in [6.45, 7) is 1.80. The summed E-state index contributed by atoms with van der Waals surface area (Å²) in [5, 5.41) is 4.24. The van der Waals surface area contributed by atoms with Gasteiger partial charge in [0.05, 0.1) is 0 Å². The minimum atomic E-state index is -3.50. The summed E-state index contributed by atoms with van der Waals surface area (Å²) in [4.78, 5) is 9.64. The Kier molecular flexibility index (Phi) is 3.38. The molecule has 0 atom stereocenters. The summed E-state index contributed by atoms with van der Waals surface area (Å²) in [5.41, 5.74) is 6.68. The lowest BCUT2D eigenvalue weighted by molar-refractivity contribution is 0.602. The number of nitrogens with two attached hydrogens (primary N) is 1. The van der Waals surface area contributed by atoms with Crippen molar-refractivity contribution in [2.45, 2.75) is 11.8 Å². The molecular formula is C11H16N6O2S. The van der Waals surface area contributed by atoms with E-state index < -0.39 is 9.84 Å². The fourth-order valence-corrected chi connectivity index (χ4v) is 2.81. The second-order valence-corrected chi connectivity index (χ2v) is 6.59. The minimum absolute atomic E-state index is 0.00114. The van der Waals surface area contributed by atoms with E-state index in [9.17, 15) is 8.42 Å². The molecule has 0 fully saturated rings. The van der Waals surface area contributed by atoms with E-state index in [0.717, 1.165) is 11.9 Å². The summed E-state index contributed by atoms with van der Waals surface area (Å²) < 4.78 is 25.1. The fourth-order valence-electron chi connectivity index (χ4n) is 1.78. The molecule has 0 aliphatic heterocycles. The molecule has 108 valence electrons. The van der Waals surface area contributed by atoms with Gasteiger partial charge in [0, 0.05) is 32.1 Å². The molecule has 0 saturated carbocycles. The summed E-state index contributed by atoms with van der Waals surface area (Å²) in [7, 11) is -0.0990. The van der Waals surface area contributed by atoms with Crippen LogP contribution in [0.1, 0.15) is 5.69 Å². The quantitative estimate of drug-likeness (QED) is 0.851. The van der Waals surface area contributed by atoms with Gasteiger partial charge in [-0.3, -0.25) is 0 Å². The van der Waals surface area contributed by atoms with E-state index >= 15 is 0 Å². The number of aryl methyl sites for hydroxylation is 1. The predicted molar refractivity (Wildman–Crippen MR) is 75.7 cm³/mol. The molecule has 2 aromatic heterocycles. The topological polar surface area (TPSA) is 107 Å². The Hall–Kier alpha value is -2.16. The van der Waals surface area contributed by atoms with Gasteiger partial charge in [-0.25, -0.2) is 18.4 Å². The van der Waals surface area contributed by atoms with Gasteiger partial charge in [-0.05, 0) is 6.92 Å². The molecule has 2 rings (SSSR count). The van der Waals surface area contributed by atoms with Crippen molar-refractivity contribution in [2.24, 2.45) is 0 Å². The van der Waals surface area contributed by atoms with Crippen LogP contribution in [0.2, 0.25) is 0 Å². The number of nitrogens with zero attached hydrogens (tertiary/aromatic N) is 5. The van der Waals surface area contributed by atoms with Crippen LogP contribution >= 0.6 is 0 Å². The predicted octanol–water partition coefficient (Wildman–Crippen LogP) is 0.0224. The lowest BCUT2D eigenvalue weighted by Gasteiger charge is -2.09. The van der Waals surface area contributed by atoms with Crippen LogP contribution in [0.5, 0.6) is 0 Å². The van der Waals surface area contributed by atoms with Gasteiger partial charge in [0.1, 0.15) is 12.1 Å². The zero-order valence-corrected chi connectivity index (χ0v) is 12.5. The van der Waals surface area contributed by atoms with E-state index in [4.69, 9.17) is 5.73 Å². The fraction of sp³-hybridized carbons (Fsp3) is 0.364. The molecule has 0 aliphatic rings. The third-order valence-corrected chi connectivity index (χ3v) is 3.79. The summed E-state index contributed by atoms with van der Waals surface area (Å²) in [6.07, 6.45) is 2.48. The van der Waals surface area contributed by atoms with Crippen LogP contribution in [0.15, 0.2) is 17.3 Å². The Bertz CT molecular complexity index is 750. The average Bonchev–Trinajstić information content (AvgIpc) is 2.66. The van der Waals surface area contributed by atoms with Crippen molar-refractivity contribution in [2.75, 3.05) is 31.0 Å². The Labute approximate surface area is 117 Å². The number of hydrogen-bond acceptors (Lipinski definition) is 7. The van der Waals surface area contributed by atoms with Crippen LogP contribution in [0.3, 0.4) is 0 Å². The first kappa shape index (κ1) is 14.3. The van der Waals surface area contributed by atoms with E-state index in [2.05, 4.69) is 15.1 Å². The van der Waals surface area contributed by atoms with Gasteiger partial charge in [0.2, 0.25) is 0 Å². The monoisotopic (exact) mass is 296 g/mol. The third-order valence-electron chi connectivity index (χ3n) is 2.66. The standard InChI is InChI=1S/C11H16N6O2S/c1-7-5-8(14-6-13-7)17-10(12)9(20(4,18)19)11(15-17)16(2)3/h5-6H,12H2,1-4H3. The van der Waals surface area contributed by atoms with Gasteiger partial charge in [0.15, 0.2) is 26.4 Å². The van der Waals surface area contributed by atoms with E-state index in [-0.39, 0.29) is 16.5 Å². The highest BCUT2D eigenvalue weighted by atomic mass is 32.2. The molecule has 2 aromatic rings. The molecule has 20 heavy (non-hydrogen) atoms. The van der Waals surface area contributed by atoms with Crippen molar-refractivity contribution >= 4 is 21.5 Å². The number of sulfone groups is 1. The van der Waals surface area contributed by atoms with Gasteiger partial charge in [-0.15, -0.1) is 5.10 Å². The van der Waals surface area contributed by atoms with Crippen LogP contribution in [-0.4, -0.2) is 48.5 Å². The molecule has 0 saturated heterocycles. The Morgan fingerprint density at radius 2 is 1.95 bits per heavy atom. The first-order chi connectivity index (χ1) is 9.21. The molecule has 9 heteroatoms. The summed E-state index contributed by atoms with van der Waals surface area (Å²) in [6, 6.07) is 1.68. The van der Waals surface area contributed by atoms with E-state index in [1.165, 1.54) is 11.0 Å². The van der Waals surface area contributed by atoms with E-state index in [1.54, 1.807) is 32.0 Å². The molecule has 0 unspecified atom stereocenters. The van der Waals surface area contributed by atoms with E-state index in [0.29, 0.717) is 5.82 Å². The zero-order valence-electron chi connectivity index (χ0n) is 11.7. The highest BCUT2D eigenvalue weighted by Gasteiger charge is 2.26. The Morgan fingerprint density at radius 1 is 1.30 bits per heavy atom. The van der Waals surface area contributed by atoms with Gasteiger partial charge < -0.3 is 10.6 Å². The largest absolute Gasteiger partial charge is 0.382 e. The van der Waals surface area contributed by atoms with Gasteiger partial charge in [0.25, 0.3) is 0 Å². The number of aromatic nitrogens is 4. The molecule has 0 aromatic carbocycles. The van der Waals surface area contributed by atoms with Crippen LogP contribution in [0.25, 0.3) is 5.82 Å². The summed E-state index contributed by atoms with van der Waals surface area (Å²) in [5.74, 6) is 0.739. The number of nitrogen functional groups attached to an aromatic ring is 1. The summed E-state index contributed by atoms with van der Waals surface area (Å²) >= 11 is 0. The maximum Gasteiger partial charge on any atom is 0.182 e. The molecule has 2 heterocycles. The van der Waals surface area contributed by atoms with Crippen LogP contribution in [-0.2, 0) is 9.84 Å². The van der Waals surface area contributed by atoms with Crippen molar-refractivity contribution in [3.63, 3.8) is 0 Å². The second kappa shape index (κ2) is 4.75. The number of rotatable bonds is 3. The smallest absolute Gasteiger partial charge is 0.182 e. The lowest BCUT2D eigenvalue weighted by Crippen LogP contribution is -2.13. The Balaban J connectivity index is 2.75. The van der Waals surface area contributed by atoms with Crippen molar-refractivity contribution in [1.82, 2.24) is 19.7 Å². The lowest BCUT2D eigenvalue weighted by atomic mass is 10.4. The second-order valence-electron chi connectivity index (χ2n) is 4.63. The maximum atomic E-state index is 11.9. The van der Waals surface area contributed by atoms with Crippen molar-refractivity contribution in [1.29, 1.82) is 0 Å². The van der Waals surface area contributed by atoms with Gasteiger partial charge in [-0.1, -0.05) is 0 Å². The number of hydrogen-bond donors (Lipinski definition) is 1. The molecule has 8 nitrogen and oxygen atoms in total. The van der Waals surface area contributed by atoms with E-state index in [1.807, 2.05) is 0 Å². The van der Waals surface area contributed by atoms with Crippen molar-refractivity contribution < 1.29 is 8.42 Å². The highest BCUT2D eigenvalue weighted by molar-refractivity contribution is 7.91. The molecule has 0 spiro atoms. The Morgan fingerprint density at radius 3 is 2.40 bits per heavy atom. The molecule has 0 aliphatic carbocycles. The van der Waals surface area contributed by atoms with Crippen LogP contribution in [0, 0.1) is 6.92 Å². The molecule has 0 radical (unpaired) electrons. The van der Waals surface area contributed by atoms with Crippen LogP contribution < -0.4 is 10.6 Å². The number of anilines is 2. The normalized spacial score (nSPS) is 11.6. The highest BCUT2D eigenvalue weighted by Crippen LogP contribution is 2.30. The van der Waals surface area contributed by atoms with Crippen molar-refractivity contribution in [3.8, 4) is 5.82 Å². The first-order valence-electron chi connectivity index (χ1n) is 5.76. The van der Waals surface area contributed by atoms with Crippen LogP contribution in [0.4, 0.5) is 11.6 Å². The first-order valence-corrected chi connectivity index (χ1v) is 7.66. The van der Waals surface area contributed by atoms with Gasteiger partial charge in [-0.2, -0.15) is 4.68 Å². The average molecular weight is 296 g/mol. The molecule has 0 amide bonds. The van der Waals surface area contributed by atoms with Crippen molar-refractivity contribution in [3.05, 3.63) is 18.1 Å². The molecule has 0 bridgehead atoms. The third kappa shape index (κ3) is 2.44. The van der Waals surface area contributed by atoms with Gasteiger partial charge >= 0.3 is 0 Å².